The van der Waals surface area contributed by atoms with E-state index < -0.39 is 23.8 Å². The Balaban J connectivity index is 1.59. The van der Waals surface area contributed by atoms with E-state index in [1.165, 1.54) is 19.2 Å². The number of H-pyrrole nitrogens is 1. The number of carbonyl (C=O) groups excluding carboxylic acids is 4. The molecule has 2 amide bonds. The van der Waals surface area contributed by atoms with E-state index in [4.69, 9.17) is 4.84 Å². The van der Waals surface area contributed by atoms with Crippen molar-refractivity contribution in [2.24, 2.45) is 0 Å². The van der Waals surface area contributed by atoms with Crippen LogP contribution in [0.1, 0.15) is 43.2 Å². The maximum Gasteiger partial charge on any atom is 0.354 e. The fraction of sp³-hybridized carbons (Fsp3) is 0.176. The molecule has 25 heavy (non-hydrogen) atoms. The molecule has 1 aliphatic heterocycles. The Labute approximate surface area is 142 Å². The number of amides is 2. The fourth-order valence-electron chi connectivity index (χ4n) is 2.46. The maximum atomic E-state index is 12.1. The van der Waals surface area contributed by atoms with Gasteiger partial charge < -0.3 is 14.6 Å². The molecule has 1 aromatic heterocycles. The Morgan fingerprint density at radius 2 is 1.76 bits per heavy atom. The Morgan fingerprint density at radius 1 is 1.12 bits per heavy atom. The summed E-state index contributed by atoms with van der Waals surface area (Å²) in [6.07, 6.45) is 1.78. The van der Waals surface area contributed by atoms with E-state index in [-0.39, 0.29) is 29.7 Å². The number of carbonyl (C=O) groups is 4. The number of aryl methyl sites for hydroxylation is 1. The third-order valence-corrected chi connectivity index (χ3v) is 3.72. The number of aromatic nitrogens is 1. The molecule has 1 N–H and O–H groups in total. The molecule has 3 rings (SSSR count). The molecule has 2 heterocycles. The van der Waals surface area contributed by atoms with Gasteiger partial charge in [-0.3, -0.25) is 9.59 Å². The molecular formula is C17H14N2O6. The van der Waals surface area contributed by atoms with Crippen molar-refractivity contribution in [3.05, 3.63) is 58.9 Å². The van der Waals surface area contributed by atoms with Gasteiger partial charge in [0.1, 0.15) is 5.69 Å². The second-order valence-corrected chi connectivity index (χ2v) is 5.33. The Hall–Kier alpha value is -3.42. The van der Waals surface area contributed by atoms with Crippen LogP contribution in [0.3, 0.4) is 0 Å². The Kier molecular flexibility index (Phi) is 4.34. The normalized spacial score (nSPS) is 12.9. The third-order valence-electron chi connectivity index (χ3n) is 3.72. The molecule has 0 saturated heterocycles. The average molecular weight is 342 g/mol. The van der Waals surface area contributed by atoms with Crippen LogP contribution in [0, 0.1) is 0 Å². The number of hydrogen-bond acceptors (Lipinski definition) is 6. The van der Waals surface area contributed by atoms with Crippen LogP contribution in [0.25, 0.3) is 0 Å². The minimum Gasteiger partial charge on any atom is -0.464 e. The summed E-state index contributed by atoms with van der Waals surface area (Å²) < 4.78 is 4.57. The number of hydrogen-bond donors (Lipinski definition) is 1. The lowest BCUT2D eigenvalue weighted by molar-refractivity contribution is -0.168. The van der Waals surface area contributed by atoms with Crippen molar-refractivity contribution in [2.45, 2.75) is 12.8 Å². The summed E-state index contributed by atoms with van der Waals surface area (Å²) in [6.45, 7) is 0. The predicted octanol–water partition coefficient (Wildman–Crippen LogP) is 1.49. The number of rotatable bonds is 5. The van der Waals surface area contributed by atoms with Crippen molar-refractivity contribution in [3.8, 4) is 0 Å². The smallest absolute Gasteiger partial charge is 0.354 e. The molecular weight excluding hydrogens is 328 g/mol. The number of nitrogens with one attached hydrogen (secondary N) is 1. The van der Waals surface area contributed by atoms with Gasteiger partial charge >= 0.3 is 11.9 Å². The SMILES string of the molecule is COC(=O)c1cc(CCC(=O)ON2C(=O)c3ccccc3C2=O)c[nH]1. The number of benzene rings is 1. The van der Waals surface area contributed by atoms with Crippen LogP contribution in [-0.4, -0.2) is 40.9 Å². The number of hydroxylamine groups is 2. The molecule has 8 nitrogen and oxygen atoms in total. The van der Waals surface area contributed by atoms with Crippen molar-refractivity contribution >= 4 is 23.8 Å². The van der Waals surface area contributed by atoms with E-state index in [2.05, 4.69) is 9.72 Å². The zero-order valence-corrected chi connectivity index (χ0v) is 13.3. The first-order chi connectivity index (χ1) is 12.0. The molecule has 8 heteroatoms. The number of ether oxygens (including phenoxy) is 1. The summed E-state index contributed by atoms with van der Waals surface area (Å²) in [5, 5.41) is 0.476. The Morgan fingerprint density at radius 3 is 2.36 bits per heavy atom. The van der Waals surface area contributed by atoms with Crippen LogP contribution >= 0.6 is 0 Å². The van der Waals surface area contributed by atoms with Crippen molar-refractivity contribution < 1.29 is 28.8 Å². The lowest BCUT2D eigenvalue weighted by atomic mass is 10.1. The first kappa shape index (κ1) is 16.4. The van der Waals surface area contributed by atoms with E-state index in [0.717, 1.165) is 0 Å². The van der Waals surface area contributed by atoms with Crippen LogP contribution < -0.4 is 0 Å². The summed E-state index contributed by atoms with van der Waals surface area (Å²) >= 11 is 0. The number of imide groups is 1. The van der Waals surface area contributed by atoms with Gasteiger partial charge in [0.05, 0.1) is 24.7 Å². The highest BCUT2D eigenvalue weighted by atomic mass is 16.7. The van der Waals surface area contributed by atoms with Crippen molar-refractivity contribution in [2.75, 3.05) is 7.11 Å². The molecule has 0 unspecified atom stereocenters. The number of aromatic amines is 1. The second-order valence-electron chi connectivity index (χ2n) is 5.33. The molecule has 0 fully saturated rings. The van der Waals surface area contributed by atoms with Crippen LogP contribution in [-0.2, 0) is 20.8 Å². The van der Waals surface area contributed by atoms with Gasteiger partial charge in [-0.2, -0.15) is 0 Å². The number of fused-ring (bicyclic) bond motifs is 1. The van der Waals surface area contributed by atoms with Crippen molar-refractivity contribution in [1.82, 2.24) is 10.0 Å². The molecule has 1 aromatic carbocycles. The van der Waals surface area contributed by atoms with Crippen LogP contribution in [0.5, 0.6) is 0 Å². The van der Waals surface area contributed by atoms with Crippen LogP contribution in [0.4, 0.5) is 0 Å². The van der Waals surface area contributed by atoms with Gasteiger partial charge in [0.15, 0.2) is 0 Å². The summed E-state index contributed by atoms with van der Waals surface area (Å²) in [6, 6.07) is 7.80. The summed E-state index contributed by atoms with van der Waals surface area (Å²) in [4.78, 5) is 55.1. The minimum atomic E-state index is -0.727. The average Bonchev–Trinajstić information content (AvgIpc) is 3.19. The zero-order valence-electron chi connectivity index (χ0n) is 13.3. The topological polar surface area (TPSA) is 106 Å². The van der Waals surface area contributed by atoms with E-state index in [0.29, 0.717) is 10.6 Å². The van der Waals surface area contributed by atoms with Crippen molar-refractivity contribution in [1.29, 1.82) is 0 Å². The highest BCUT2D eigenvalue weighted by molar-refractivity contribution is 6.20. The standard InChI is InChI=1S/C17H14N2O6/c1-24-17(23)13-8-10(9-18-13)6-7-14(20)25-19-15(21)11-4-2-3-5-12(11)16(19)22/h2-5,8-9,18H,6-7H2,1H3. The van der Waals surface area contributed by atoms with E-state index in [1.807, 2.05) is 0 Å². The Bertz CT molecular complexity index is 835. The third kappa shape index (κ3) is 3.14. The lowest BCUT2D eigenvalue weighted by Crippen LogP contribution is -2.32. The quantitative estimate of drug-likeness (QED) is 0.652. The fourth-order valence-corrected chi connectivity index (χ4v) is 2.46. The van der Waals surface area contributed by atoms with Gasteiger partial charge in [-0.25, -0.2) is 9.59 Å². The number of esters is 1. The highest BCUT2D eigenvalue weighted by Crippen LogP contribution is 2.23. The van der Waals surface area contributed by atoms with E-state index in [9.17, 15) is 19.2 Å². The number of nitrogens with zero attached hydrogens (tertiary/aromatic N) is 1. The maximum absolute atomic E-state index is 12.1. The first-order valence-electron chi connectivity index (χ1n) is 7.45. The van der Waals surface area contributed by atoms with Gasteiger partial charge in [-0.1, -0.05) is 17.2 Å². The molecule has 128 valence electrons. The summed E-state index contributed by atoms with van der Waals surface area (Å²) in [7, 11) is 1.27. The number of methoxy groups -OCH3 is 1. The molecule has 0 saturated carbocycles. The molecule has 0 radical (unpaired) electrons. The van der Waals surface area contributed by atoms with Gasteiger partial charge in [0.25, 0.3) is 11.8 Å². The van der Waals surface area contributed by atoms with Crippen molar-refractivity contribution in [3.63, 3.8) is 0 Å². The van der Waals surface area contributed by atoms with Gasteiger partial charge in [-0.05, 0) is 30.2 Å². The monoisotopic (exact) mass is 342 g/mol. The first-order valence-corrected chi connectivity index (χ1v) is 7.45. The summed E-state index contributed by atoms with van der Waals surface area (Å²) in [5.41, 5.74) is 1.37. The van der Waals surface area contributed by atoms with Crippen LogP contribution in [0.2, 0.25) is 0 Å². The minimum absolute atomic E-state index is 0.0636. The molecule has 0 bridgehead atoms. The molecule has 0 aliphatic carbocycles. The highest BCUT2D eigenvalue weighted by Gasteiger charge is 2.38. The van der Waals surface area contributed by atoms with Gasteiger partial charge in [0, 0.05) is 6.20 Å². The van der Waals surface area contributed by atoms with Gasteiger partial charge in [0.2, 0.25) is 0 Å². The lowest BCUT2D eigenvalue weighted by Gasteiger charge is -2.12. The predicted molar refractivity (Wildman–Crippen MR) is 83.5 cm³/mol. The van der Waals surface area contributed by atoms with Crippen LogP contribution in [0.15, 0.2) is 36.5 Å². The van der Waals surface area contributed by atoms with E-state index in [1.54, 1.807) is 24.4 Å². The largest absolute Gasteiger partial charge is 0.464 e. The second kappa shape index (κ2) is 6.60. The van der Waals surface area contributed by atoms with Gasteiger partial charge in [-0.15, -0.1) is 0 Å². The molecule has 0 spiro atoms. The van der Waals surface area contributed by atoms with E-state index >= 15 is 0 Å². The molecule has 0 atom stereocenters. The summed E-state index contributed by atoms with van der Waals surface area (Å²) in [5.74, 6) is -2.57. The molecule has 2 aromatic rings. The zero-order chi connectivity index (χ0) is 18.0. The molecule has 1 aliphatic rings.